The Morgan fingerprint density at radius 1 is 1.28 bits per heavy atom. The van der Waals surface area contributed by atoms with Crippen molar-refractivity contribution < 1.29 is 13.9 Å². The Hall–Kier alpha value is -3.42. The Kier molecular flexibility index (Phi) is 5.54. The van der Waals surface area contributed by atoms with E-state index in [1.54, 1.807) is 37.0 Å². The van der Waals surface area contributed by atoms with Crippen LogP contribution in [0, 0.1) is 19.7 Å². The summed E-state index contributed by atoms with van der Waals surface area (Å²) in [6.07, 6.45) is 1.72. The highest BCUT2D eigenvalue weighted by Crippen LogP contribution is 2.31. The fraction of sp³-hybridized carbons (Fsp3) is 0.286. The first-order valence-corrected chi connectivity index (χ1v) is 9.06. The van der Waals surface area contributed by atoms with E-state index in [0.29, 0.717) is 29.1 Å². The molecular weight excluding hydrogens is 373 g/mol. The van der Waals surface area contributed by atoms with Gasteiger partial charge < -0.3 is 15.4 Å². The van der Waals surface area contributed by atoms with Crippen LogP contribution in [-0.4, -0.2) is 39.7 Å². The molecule has 3 aromatic rings. The Balaban J connectivity index is 1.95. The fourth-order valence-electron chi connectivity index (χ4n) is 3.16. The molecule has 7 nitrogen and oxygen atoms in total. The molecule has 1 aromatic carbocycles. The number of carbonyl (C=O) groups is 1. The van der Waals surface area contributed by atoms with Crippen LogP contribution in [0.25, 0.3) is 11.1 Å². The van der Waals surface area contributed by atoms with Gasteiger partial charge in [0.15, 0.2) is 0 Å². The van der Waals surface area contributed by atoms with Crippen LogP contribution >= 0.6 is 0 Å². The highest BCUT2D eigenvalue weighted by molar-refractivity contribution is 5.95. The maximum absolute atomic E-state index is 14.3. The monoisotopic (exact) mass is 397 g/mol. The van der Waals surface area contributed by atoms with Gasteiger partial charge in [0, 0.05) is 43.0 Å². The van der Waals surface area contributed by atoms with Gasteiger partial charge in [0.2, 0.25) is 0 Å². The van der Waals surface area contributed by atoms with Crippen LogP contribution in [-0.2, 0) is 13.6 Å². The van der Waals surface area contributed by atoms with Gasteiger partial charge in [0.05, 0.1) is 19.0 Å². The van der Waals surface area contributed by atoms with E-state index < -0.39 is 5.82 Å². The number of hydrogen-bond acceptors (Lipinski definition) is 5. The van der Waals surface area contributed by atoms with Crippen molar-refractivity contribution in [2.75, 3.05) is 19.9 Å². The normalized spacial score (nSPS) is 10.8. The third kappa shape index (κ3) is 4.06. The van der Waals surface area contributed by atoms with E-state index in [1.807, 2.05) is 14.0 Å². The van der Waals surface area contributed by atoms with Gasteiger partial charge in [-0.1, -0.05) is 0 Å². The third-order valence-electron chi connectivity index (χ3n) is 4.96. The lowest BCUT2D eigenvalue weighted by atomic mass is 10.0. The Morgan fingerprint density at radius 2 is 2.00 bits per heavy atom. The molecule has 0 bridgehead atoms. The van der Waals surface area contributed by atoms with E-state index in [4.69, 9.17) is 10.5 Å². The van der Waals surface area contributed by atoms with E-state index in [2.05, 4.69) is 10.1 Å². The third-order valence-corrected chi connectivity index (χ3v) is 4.96. The van der Waals surface area contributed by atoms with Crippen molar-refractivity contribution in [3.63, 3.8) is 0 Å². The number of carbonyl (C=O) groups excluding carboxylic acids is 1. The average molecular weight is 397 g/mol. The zero-order valence-electron chi connectivity index (χ0n) is 17.2. The summed E-state index contributed by atoms with van der Waals surface area (Å²) in [5.41, 5.74) is 9.76. The molecule has 0 atom stereocenters. The summed E-state index contributed by atoms with van der Waals surface area (Å²) in [5, 5.41) is 4.19. The van der Waals surface area contributed by atoms with Crippen LogP contribution in [0.5, 0.6) is 5.75 Å². The largest absolute Gasteiger partial charge is 0.495 e. The summed E-state index contributed by atoms with van der Waals surface area (Å²) >= 11 is 0. The molecule has 0 saturated carbocycles. The highest BCUT2D eigenvalue weighted by Gasteiger charge is 2.18. The maximum Gasteiger partial charge on any atom is 0.254 e. The van der Waals surface area contributed by atoms with E-state index in [9.17, 15) is 9.18 Å². The summed E-state index contributed by atoms with van der Waals surface area (Å²) < 4.78 is 21.4. The standard InChI is InChI=1S/C21H24FN5O2/c1-12-19(29-5)9-18(20(23)25-12)14-6-15(8-17(22)7-14)21(28)26(3)11-16-10-24-27(4)13(16)2/h6-10H,11H2,1-5H3,(H2,23,25). The van der Waals surface area contributed by atoms with Crippen LogP contribution in [0.3, 0.4) is 0 Å². The van der Waals surface area contributed by atoms with Crippen LogP contribution in [0.15, 0.2) is 30.5 Å². The Bertz CT molecular complexity index is 1080. The van der Waals surface area contributed by atoms with Gasteiger partial charge in [0.25, 0.3) is 5.91 Å². The molecule has 0 spiro atoms. The fourth-order valence-corrected chi connectivity index (χ4v) is 3.16. The van der Waals surface area contributed by atoms with Gasteiger partial charge in [-0.25, -0.2) is 9.37 Å². The van der Waals surface area contributed by atoms with Gasteiger partial charge >= 0.3 is 0 Å². The lowest BCUT2D eigenvalue weighted by Crippen LogP contribution is -2.26. The maximum atomic E-state index is 14.3. The highest BCUT2D eigenvalue weighted by atomic mass is 19.1. The number of rotatable bonds is 5. The van der Waals surface area contributed by atoms with Crippen molar-refractivity contribution in [3.8, 4) is 16.9 Å². The molecule has 2 N–H and O–H groups in total. The first-order valence-electron chi connectivity index (χ1n) is 9.06. The summed E-state index contributed by atoms with van der Waals surface area (Å²) in [6.45, 7) is 4.07. The molecule has 152 valence electrons. The van der Waals surface area contributed by atoms with Crippen LogP contribution < -0.4 is 10.5 Å². The molecular formula is C21H24FN5O2. The molecule has 3 rings (SSSR count). The molecule has 0 saturated heterocycles. The second kappa shape index (κ2) is 7.90. The van der Waals surface area contributed by atoms with Crippen molar-refractivity contribution in [1.29, 1.82) is 0 Å². The quantitative estimate of drug-likeness (QED) is 0.715. The van der Waals surface area contributed by atoms with E-state index in [1.165, 1.54) is 24.1 Å². The summed E-state index contributed by atoms with van der Waals surface area (Å²) in [5.74, 6) is -0.0579. The number of ether oxygens (including phenoxy) is 1. The minimum atomic E-state index is -0.532. The number of nitrogens with two attached hydrogens (primary N) is 1. The van der Waals surface area contributed by atoms with Gasteiger partial charge in [-0.3, -0.25) is 9.48 Å². The number of benzene rings is 1. The zero-order chi connectivity index (χ0) is 21.3. The Morgan fingerprint density at radius 3 is 2.62 bits per heavy atom. The minimum absolute atomic E-state index is 0.225. The van der Waals surface area contributed by atoms with Crippen molar-refractivity contribution in [2.45, 2.75) is 20.4 Å². The van der Waals surface area contributed by atoms with E-state index in [0.717, 1.165) is 11.3 Å². The second-order valence-electron chi connectivity index (χ2n) is 6.98. The number of methoxy groups -OCH3 is 1. The number of aryl methyl sites for hydroxylation is 2. The first-order chi connectivity index (χ1) is 13.7. The number of halogens is 1. The molecule has 29 heavy (non-hydrogen) atoms. The number of nitrogen functional groups attached to an aromatic ring is 1. The van der Waals surface area contributed by atoms with Crippen LogP contribution in [0.2, 0.25) is 0 Å². The van der Waals surface area contributed by atoms with Crippen molar-refractivity contribution in [1.82, 2.24) is 19.7 Å². The molecule has 1 amide bonds. The smallest absolute Gasteiger partial charge is 0.254 e. The molecule has 0 radical (unpaired) electrons. The topological polar surface area (TPSA) is 86.3 Å². The van der Waals surface area contributed by atoms with Gasteiger partial charge in [-0.2, -0.15) is 5.10 Å². The number of amides is 1. The summed E-state index contributed by atoms with van der Waals surface area (Å²) in [7, 11) is 5.04. The van der Waals surface area contributed by atoms with Gasteiger partial charge in [-0.15, -0.1) is 0 Å². The lowest BCUT2D eigenvalue weighted by molar-refractivity contribution is 0.0784. The predicted octanol–water partition coefficient (Wildman–Crippen LogP) is 3.10. The molecule has 0 aliphatic rings. The predicted molar refractivity (Wildman–Crippen MR) is 109 cm³/mol. The van der Waals surface area contributed by atoms with Gasteiger partial charge in [-0.05, 0) is 43.7 Å². The number of hydrogen-bond donors (Lipinski definition) is 1. The molecule has 8 heteroatoms. The number of aromatic nitrogens is 3. The average Bonchev–Trinajstić information content (AvgIpc) is 2.99. The van der Waals surface area contributed by atoms with E-state index >= 15 is 0 Å². The molecule has 0 fully saturated rings. The second-order valence-corrected chi connectivity index (χ2v) is 6.98. The van der Waals surface area contributed by atoms with Crippen molar-refractivity contribution >= 4 is 11.7 Å². The zero-order valence-corrected chi connectivity index (χ0v) is 17.2. The molecule has 0 aliphatic carbocycles. The number of anilines is 1. The molecule has 2 heterocycles. The number of pyridine rings is 1. The van der Waals surface area contributed by atoms with E-state index in [-0.39, 0.29) is 17.3 Å². The molecule has 0 unspecified atom stereocenters. The molecule has 0 aliphatic heterocycles. The van der Waals surface area contributed by atoms with Crippen molar-refractivity contribution in [3.05, 3.63) is 58.8 Å². The summed E-state index contributed by atoms with van der Waals surface area (Å²) in [6, 6.07) is 5.85. The number of nitrogens with zero attached hydrogens (tertiary/aromatic N) is 4. The van der Waals surface area contributed by atoms with Crippen LogP contribution in [0.1, 0.15) is 27.3 Å². The lowest BCUT2D eigenvalue weighted by Gasteiger charge is -2.18. The Labute approximate surface area is 168 Å². The SMILES string of the molecule is COc1cc(-c2cc(F)cc(C(=O)N(C)Cc3cnn(C)c3C)c2)c(N)nc1C. The molecule has 2 aromatic heterocycles. The van der Waals surface area contributed by atoms with Gasteiger partial charge in [0.1, 0.15) is 17.4 Å². The van der Waals surface area contributed by atoms with Crippen LogP contribution in [0.4, 0.5) is 10.2 Å². The summed E-state index contributed by atoms with van der Waals surface area (Å²) in [4.78, 5) is 18.7. The minimum Gasteiger partial charge on any atom is -0.495 e. The first kappa shape index (κ1) is 20.3. The van der Waals surface area contributed by atoms with Crippen molar-refractivity contribution in [2.24, 2.45) is 7.05 Å².